The molecule has 0 unspecified atom stereocenters. The molecule has 6 heteroatoms. The van der Waals surface area contributed by atoms with Gasteiger partial charge in [-0.25, -0.2) is 9.59 Å². The zero-order valence-corrected chi connectivity index (χ0v) is 9.82. The van der Waals surface area contributed by atoms with Crippen molar-refractivity contribution in [3.05, 3.63) is 30.0 Å². The molecule has 0 atom stereocenters. The number of carbonyl (C=O) groups is 2. The minimum atomic E-state index is -0.629. The second kappa shape index (κ2) is 4.79. The largest absolute Gasteiger partial charge is 0.461 e. The van der Waals surface area contributed by atoms with E-state index in [4.69, 9.17) is 10.5 Å². The fourth-order valence-corrected chi connectivity index (χ4v) is 1.67. The van der Waals surface area contributed by atoms with E-state index in [0.29, 0.717) is 18.0 Å². The van der Waals surface area contributed by atoms with Gasteiger partial charge in [0, 0.05) is 16.6 Å². The number of fused-ring (bicyclic) bond motifs is 1. The number of ether oxygens (including phenoxy) is 1. The predicted molar refractivity (Wildman–Crippen MR) is 67.5 cm³/mol. The molecule has 0 aliphatic rings. The lowest BCUT2D eigenvalue weighted by atomic mass is 10.2. The summed E-state index contributed by atoms with van der Waals surface area (Å²) in [7, 11) is 0. The molecule has 0 spiro atoms. The van der Waals surface area contributed by atoms with E-state index in [1.54, 1.807) is 31.2 Å². The third-order valence-corrected chi connectivity index (χ3v) is 2.38. The first-order valence-corrected chi connectivity index (χ1v) is 5.46. The third kappa shape index (κ3) is 2.42. The van der Waals surface area contributed by atoms with Crippen molar-refractivity contribution < 1.29 is 14.3 Å². The van der Waals surface area contributed by atoms with E-state index in [0.717, 1.165) is 10.9 Å². The Morgan fingerprint density at radius 1 is 1.39 bits per heavy atom. The fraction of sp³-hybridized carbons (Fsp3) is 0.167. The van der Waals surface area contributed by atoms with Gasteiger partial charge in [-0.2, -0.15) is 0 Å². The van der Waals surface area contributed by atoms with Crippen molar-refractivity contribution in [1.82, 2.24) is 4.98 Å². The lowest BCUT2D eigenvalue weighted by Gasteiger charge is -2.00. The van der Waals surface area contributed by atoms with Gasteiger partial charge in [0.1, 0.15) is 5.69 Å². The maximum absolute atomic E-state index is 11.5. The minimum Gasteiger partial charge on any atom is -0.461 e. The molecule has 94 valence electrons. The number of hydrogen-bond acceptors (Lipinski definition) is 3. The van der Waals surface area contributed by atoms with Crippen LogP contribution in [-0.4, -0.2) is 23.6 Å². The van der Waals surface area contributed by atoms with Crippen LogP contribution in [0.25, 0.3) is 10.9 Å². The van der Waals surface area contributed by atoms with Crippen molar-refractivity contribution in [1.29, 1.82) is 0 Å². The molecule has 0 aliphatic carbocycles. The third-order valence-electron chi connectivity index (χ3n) is 2.38. The maximum atomic E-state index is 11.5. The number of urea groups is 1. The Morgan fingerprint density at radius 3 is 2.83 bits per heavy atom. The lowest BCUT2D eigenvalue weighted by molar-refractivity contribution is 0.0520. The summed E-state index contributed by atoms with van der Waals surface area (Å²) >= 11 is 0. The Balaban J connectivity index is 2.33. The number of hydrogen-bond donors (Lipinski definition) is 3. The number of esters is 1. The van der Waals surface area contributed by atoms with Crippen LogP contribution in [0.2, 0.25) is 0 Å². The fourth-order valence-electron chi connectivity index (χ4n) is 1.67. The number of aromatic nitrogens is 1. The van der Waals surface area contributed by atoms with E-state index >= 15 is 0 Å². The number of primary amides is 1. The number of nitrogens with two attached hydrogens (primary N) is 1. The summed E-state index contributed by atoms with van der Waals surface area (Å²) in [5.74, 6) is -0.405. The van der Waals surface area contributed by atoms with Crippen LogP contribution >= 0.6 is 0 Å². The van der Waals surface area contributed by atoms with Crippen LogP contribution in [0.1, 0.15) is 17.4 Å². The van der Waals surface area contributed by atoms with Crippen molar-refractivity contribution in [3.63, 3.8) is 0 Å². The maximum Gasteiger partial charge on any atom is 0.354 e. The molecule has 18 heavy (non-hydrogen) atoms. The molecule has 0 saturated carbocycles. The number of H-pyrrole nitrogens is 1. The van der Waals surface area contributed by atoms with E-state index in [-0.39, 0.29) is 0 Å². The first kappa shape index (κ1) is 12.0. The van der Waals surface area contributed by atoms with Gasteiger partial charge < -0.3 is 20.8 Å². The van der Waals surface area contributed by atoms with Crippen LogP contribution in [-0.2, 0) is 4.74 Å². The van der Waals surface area contributed by atoms with Gasteiger partial charge in [0.15, 0.2) is 0 Å². The highest BCUT2D eigenvalue weighted by molar-refractivity contribution is 5.97. The van der Waals surface area contributed by atoms with Gasteiger partial charge in [0.05, 0.1) is 6.61 Å². The first-order valence-electron chi connectivity index (χ1n) is 5.46. The Bertz CT molecular complexity index is 604. The number of nitrogens with one attached hydrogen (secondary N) is 2. The summed E-state index contributed by atoms with van der Waals surface area (Å²) in [5.41, 5.74) is 6.77. The number of anilines is 1. The van der Waals surface area contributed by atoms with Gasteiger partial charge >= 0.3 is 12.0 Å². The van der Waals surface area contributed by atoms with Crippen molar-refractivity contribution in [3.8, 4) is 0 Å². The zero-order chi connectivity index (χ0) is 13.1. The van der Waals surface area contributed by atoms with Gasteiger partial charge in [0.25, 0.3) is 0 Å². The van der Waals surface area contributed by atoms with Crippen molar-refractivity contribution in [2.75, 3.05) is 11.9 Å². The molecule has 0 fully saturated rings. The highest BCUT2D eigenvalue weighted by Crippen LogP contribution is 2.20. The lowest BCUT2D eigenvalue weighted by Crippen LogP contribution is -2.19. The molecule has 0 aliphatic heterocycles. The minimum absolute atomic E-state index is 0.322. The number of carbonyl (C=O) groups excluding carboxylic acids is 2. The van der Waals surface area contributed by atoms with Crippen LogP contribution in [0.4, 0.5) is 10.5 Å². The second-order valence-electron chi connectivity index (χ2n) is 3.69. The van der Waals surface area contributed by atoms with E-state index < -0.39 is 12.0 Å². The van der Waals surface area contributed by atoms with E-state index in [9.17, 15) is 9.59 Å². The average molecular weight is 247 g/mol. The van der Waals surface area contributed by atoms with E-state index in [1.165, 1.54) is 0 Å². The topological polar surface area (TPSA) is 97.2 Å². The SMILES string of the molecule is CCOC(=O)c1cc2cc(NC(N)=O)ccc2[nH]1. The molecule has 1 aromatic carbocycles. The molecule has 0 saturated heterocycles. The molecule has 0 radical (unpaired) electrons. The van der Waals surface area contributed by atoms with Crippen LogP contribution in [0, 0.1) is 0 Å². The number of aromatic amines is 1. The van der Waals surface area contributed by atoms with Crippen LogP contribution in [0.3, 0.4) is 0 Å². The van der Waals surface area contributed by atoms with E-state index in [1.807, 2.05) is 0 Å². The van der Waals surface area contributed by atoms with Gasteiger partial charge in [-0.15, -0.1) is 0 Å². The molecule has 1 aromatic heterocycles. The molecule has 4 N–H and O–H groups in total. The van der Waals surface area contributed by atoms with Crippen LogP contribution < -0.4 is 11.1 Å². The van der Waals surface area contributed by atoms with Crippen LogP contribution in [0.5, 0.6) is 0 Å². The number of rotatable bonds is 3. The second-order valence-corrected chi connectivity index (χ2v) is 3.69. The molecular formula is C12H13N3O3. The summed E-state index contributed by atoms with van der Waals surface area (Å²) < 4.78 is 4.89. The van der Waals surface area contributed by atoms with Gasteiger partial charge in [-0.05, 0) is 31.2 Å². The molecule has 2 amide bonds. The average Bonchev–Trinajstić information content (AvgIpc) is 2.71. The number of benzene rings is 1. The summed E-state index contributed by atoms with van der Waals surface area (Å²) in [5, 5.41) is 3.26. The summed E-state index contributed by atoms with van der Waals surface area (Å²) in [6, 6.07) is 6.20. The van der Waals surface area contributed by atoms with Crippen molar-refractivity contribution in [2.24, 2.45) is 5.73 Å². The normalized spacial score (nSPS) is 10.3. The molecule has 2 rings (SSSR count). The first-order chi connectivity index (χ1) is 8.60. The summed E-state index contributed by atoms with van der Waals surface area (Å²) in [6.07, 6.45) is 0. The van der Waals surface area contributed by atoms with E-state index in [2.05, 4.69) is 10.3 Å². The Labute approximate surface area is 103 Å². The highest BCUT2D eigenvalue weighted by atomic mass is 16.5. The van der Waals surface area contributed by atoms with Gasteiger partial charge in [-0.3, -0.25) is 0 Å². The molecule has 1 heterocycles. The smallest absolute Gasteiger partial charge is 0.354 e. The van der Waals surface area contributed by atoms with Gasteiger partial charge in [-0.1, -0.05) is 0 Å². The van der Waals surface area contributed by atoms with Crippen molar-refractivity contribution in [2.45, 2.75) is 6.92 Å². The van der Waals surface area contributed by atoms with Crippen molar-refractivity contribution >= 4 is 28.6 Å². The van der Waals surface area contributed by atoms with Crippen LogP contribution in [0.15, 0.2) is 24.3 Å². The zero-order valence-electron chi connectivity index (χ0n) is 9.82. The highest BCUT2D eigenvalue weighted by Gasteiger charge is 2.10. The van der Waals surface area contributed by atoms with Gasteiger partial charge in [0.2, 0.25) is 0 Å². The Hall–Kier alpha value is -2.50. The molecule has 2 aromatic rings. The quantitative estimate of drug-likeness (QED) is 0.722. The predicted octanol–water partition coefficient (Wildman–Crippen LogP) is 1.84. The summed E-state index contributed by atoms with van der Waals surface area (Å²) in [4.78, 5) is 25.2. The summed E-state index contributed by atoms with van der Waals surface area (Å²) in [6.45, 7) is 2.07. The monoisotopic (exact) mass is 247 g/mol. The molecular weight excluding hydrogens is 234 g/mol. The molecule has 0 bridgehead atoms. The Morgan fingerprint density at radius 2 is 2.17 bits per heavy atom. The molecule has 6 nitrogen and oxygen atoms in total. The number of amides is 2. The standard InChI is InChI=1S/C12H13N3O3/c1-2-18-11(16)10-6-7-5-8(14-12(13)17)3-4-9(7)15-10/h3-6,15H,2H2,1H3,(H3,13,14,17). The Kier molecular flexibility index (Phi) is 3.18.